The first-order valence-corrected chi connectivity index (χ1v) is 11.7. The number of carbonyl (C=O) groups excluding carboxylic acids is 1. The van der Waals surface area contributed by atoms with E-state index in [1.165, 1.54) is 96.3 Å². The highest BCUT2D eigenvalue weighted by molar-refractivity contribution is 5.66. The Bertz CT molecular complexity index is 309. The summed E-state index contributed by atoms with van der Waals surface area (Å²) in [6.07, 6.45) is 21.6. The molecule has 0 spiro atoms. The second kappa shape index (κ2) is 21.5. The highest BCUT2D eigenvalue weighted by atomic mass is 16.5. The molecule has 1 amide bonds. The van der Waals surface area contributed by atoms with Crippen molar-refractivity contribution in [3.8, 4) is 0 Å². The zero-order valence-corrected chi connectivity index (χ0v) is 18.7. The number of unbranched alkanes of at least 4 members (excludes halogenated alkanes) is 15. The third kappa shape index (κ3) is 23.2. The second-order valence-electron chi connectivity index (χ2n) is 8.17. The van der Waals surface area contributed by atoms with Crippen LogP contribution in [0.1, 0.15) is 110 Å². The van der Waals surface area contributed by atoms with Crippen LogP contribution in [0.25, 0.3) is 0 Å². The van der Waals surface area contributed by atoms with Gasteiger partial charge in [-0.15, -0.1) is 0 Å². The van der Waals surface area contributed by atoms with Crippen LogP contribution in [-0.4, -0.2) is 44.8 Å². The number of likely N-dealkylation sites (N-methyl/N-ethyl adjacent to an activating group) is 1. The number of ether oxygens (including phenoxy) is 1. The molecule has 4 nitrogen and oxygen atoms in total. The minimum Gasteiger partial charge on any atom is -0.448 e. The van der Waals surface area contributed by atoms with Crippen molar-refractivity contribution in [3.05, 3.63) is 0 Å². The molecular formula is C23H48N2O2. The van der Waals surface area contributed by atoms with Gasteiger partial charge in [-0.2, -0.15) is 0 Å². The molecule has 0 fully saturated rings. The molecule has 0 rings (SSSR count). The highest BCUT2D eigenvalue weighted by Gasteiger charge is 2.01. The molecule has 0 aromatic heterocycles. The fourth-order valence-corrected chi connectivity index (χ4v) is 3.24. The van der Waals surface area contributed by atoms with Gasteiger partial charge < -0.3 is 15.0 Å². The van der Waals surface area contributed by atoms with Gasteiger partial charge >= 0.3 is 6.09 Å². The molecule has 0 aliphatic carbocycles. The van der Waals surface area contributed by atoms with Crippen LogP contribution in [0.2, 0.25) is 0 Å². The van der Waals surface area contributed by atoms with Crippen molar-refractivity contribution >= 4 is 6.09 Å². The maximum atomic E-state index is 11.4. The molecule has 0 aromatic rings. The molecule has 0 saturated carbocycles. The molecule has 0 aromatic carbocycles. The van der Waals surface area contributed by atoms with E-state index in [1.54, 1.807) is 0 Å². The number of nitrogens with zero attached hydrogens (tertiary/aromatic N) is 1. The van der Waals surface area contributed by atoms with Gasteiger partial charge in [0.15, 0.2) is 0 Å². The molecule has 0 aliphatic heterocycles. The van der Waals surface area contributed by atoms with Crippen LogP contribution in [0.15, 0.2) is 0 Å². The summed E-state index contributed by atoms with van der Waals surface area (Å²) in [5.74, 6) is 0. The van der Waals surface area contributed by atoms with Crippen molar-refractivity contribution in [2.24, 2.45) is 0 Å². The Kier molecular flexibility index (Phi) is 20.9. The average Bonchev–Trinajstić information content (AvgIpc) is 2.64. The Balaban J connectivity index is 3.09. The van der Waals surface area contributed by atoms with Crippen molar-refractivity contribution in [1.29, 1.82) is 0 Å². The second-order valence-corrected chi connectivity index (χ2v) is 8.17. The molecule has 4 heteroatoms. The van der Waals surface area contributed by atoms with Crippen LogP contribution < -0.4 is 5.32 Å². The summed E-state index contributed by atoms with van der Waals surface area (Å²) in [5, 5.41) is 2.83. The third-order valence-corrected chi connectivity index (χ3v) is 5.07. The molecule has 162 valence electrons. The molecule has 0 saturated heterocycles. The largest absolute Gasteiger partial charge is 0.448 e. The summed E-state index contributed by atoms with van der Waals surface area (Å²) >= 11 is 0. The van der Waals surface area contributed by atoms with Gasteiger partial charge in [0, 0.05) is 13.1 Å². The number of carbonyl (C=O) groups is 1. The van der Waals surface area contributed by atoms with Gasteiger partial charge in [-0.1, -0.05) is 103 Å². The minimum atomic E-state index is -0.280. The average molecular weight is 385 g/mol. The molecule has 0 heterocycles. The zero-order valence-electron chi connectivity index (χ0n) is 18.7. The Morgan fingerprint density at radius 3 is 1.52 bits per heavy atom. The summed E-state index contributed by atoms with van der Waals surface area (Å²) in [6, 6.07) is 0. The van der Waals surface area contributed by atoms with Crippen molar-refractivity contribution in [2.45, 2.75) is 110 Å². The van der Waals surface area contributed by atoms with Crippen LogP contribution in [-0.2, 0) is 4.74 Å². The standard InChI is InChI=1S/C23H48N2O2/c1-4-5-6-7-8-9-10-11-12-13-14-15-16-17-18-19-20-24-23(26)27-22-21-25(2)3/h4-22H2,1-3H3,(H,24,26). The van der Waals surface area contributed by atoms with Gasteiger partial charge in [0.2, 0.25) is 0 Å². The normalized spacial score (nSPS) is 11.1. The van der Waals surface area contributed by atoms with Crippen LogP contribution in [0.4, 0.5) is 4.79 Å². The van der Waals surface area contributed by atoms with Gasteiger partial charge in [-0.3, -0.25) is 0 Å². The summed E-state index contributed by atoms with van der Waals surface area (Å²) < 4.78 is 5.09. The fourth-order valence-electron chi connectivity index (χ4n) is 3.24. The van der Waals surface area contributed by atoms with E-state index in [4.69, 9.17) is 4.74 Å². The molecule has 0 atom stereocenters. The minimum absolute atomic E-state index is 0.280. The predicted octanol–water partition coefficient (Wildman–Crippen LogP) is 6.54. The Hall–Kier alpha value is -0.770. The SMILES string of the molecule is CCCCCCCCCCCCCCCCCCNC(=O)OCCN(C)C. The summed E-state index contributed by atoms with van der Waals surface area (Å²) in [6.45, 7) is 4.24. The van der Waals surface area contributed by atoms with Crippen molar-refractivity contribution in [2.75, 3.05) is 33.8 Å². The molecule has 0 radical (unpaired) electrons. The molecule has 1 N–H and O–H groups in total. The van der Waals surface area contributed by atoms with E-state index in [0.29, 0.717) is 6.61 Å². The van der Waals surface area contributed by atoms with Gasteiger partial charge in [0.25, 0.3) is 0 Å². The molecule has 0 bridgehead atoms. The van der Waals surface area contributed by atoms with E-state index in [2.05, 4.69) is 12.2 Å². The lowest BCUT2D eigenvalue weighted by Crippen LogP contribution is -2.28. The number of alkyl carbamates (subject to hydrolysis) is 1. The first-order valence-electron chi connectivity index (χ1n) is 11.7. The lowest BCUT2D eigenvalue weighted by atomic mass is 10.0. The number of hydrogen-bond acceptors (Lipinski definition) is 3. The van der Waals surface area contributed by atoms with E-state index in [1.807, 2.05) is 19.0 Å². The first kappa shape index (κ1) is 26.2. The van der Waals surface area contributed by atoms with Gasteiger partial charge in [-0.05, 0) is 20.5 Å². The summed E-state index contributed by atoms with van der Waals surface area (Å²) in [5.41, 5.74) is 0. The van der Waals surface area contributed by atoms with Gasteiger partial charge in [0.05, 0.1) is 0 Å². The van der Waals surface area contributed by atoms with E-state index < -0.39 is 0 Å². The zero-order chi connectivity index (χ0) is 20.0. The Morgan fingerprint density at radius 2 is 1.11 bits per heavy atom. The lowest BCUT2D eigenvalue weighted by molar-refractivity contribution is 0.136. The maximum absolute atomic E-state index is 11.4. The summed E-state index contributed by atoms with van der Waals surface area (Å²) in [4.78, 5) is 13.4. The van der Waals surface area contributed by atoms with Crippen LogP contribution in [0, 0.1) is 0 Å². The van der Waals surface area contributed by atoms with E-state index in [9.17, 15) is 4.79 Å². The summed E-state index contributed by atoms with van der Waals surface area (Å²) in [7, 11) is 3.94. The molecule has 0 unspecified atom stereocenters. The number of hydrogen-bond donors (Lipinski definition) is 1. The lowest BCUT2D eigenvalue weighted by Gasteiger charge is -2.10. The number of amides is 1. The maximum Gasteiger partial charge on any atom is 0.407 e. The Labute approximate surface area is 169 Å². The first-order chi connectivity index (χ1) is 13.2. The van der Waals surface area contributed by atoms with Crippen LogP contribution in [0.5, 0.6) is 0 Å². The molecular weight excluding hydrogens is 336 g/mol. The predicted molar refractivity (Wildman–Crippen MR) is 117 cm³/mol. The van der Waals surface area contributed by atoms with Crippen molar-refractivity contribution in [3.63, 3.8) is 0 Å². The van der Waals surface area contributed by atoms with Gasteiger partial charge in [0.1, 0.15) is 6.61 Å². The Morgan fingerprint density at radius 1 is 0.704 bits per heavy atom. The fraction of sp³-hybridized carbons (Fsp3) is 0.957. The van der Waals surface area contributed by atoms with E-state index in [-0.39, 0.29) is 6.09 Å². The third-order valence-electron chi connectivity index (χ3n) is 5.07. The topological polar surface area (TPSA) is 41.6 Å². The van der Waals surface area contributed by atoms with Crippen LogP contribution in [0.3, 0.4) is 0 Å². The van der Waals surface area contributed by atoms with Gasteiger partial charge in [-0.25, -0.2) is 4.79 Å². The van der Waals surface area contributed by atoms with E-state index >= 15 is 0 Å². The van der Waals surface area contributed by atoms with Crippen molar-refractivity contribution in [1.82, 2.24) is 10.2 Å². The highest BCUT2D eigenvalue weighted by Crippen LogP contribution is 2.13. The smallest absolute Gasteiger partial charge is 0.407 e. The quantitative estimate of drug-likeness (QED) is 0.242. The van der Waals surface area contributed by atoms with Crippen molar-refractivity contribution < 1.29 is 9.53 Å². The van der Waals surface area contributed by atoms with Crippen LogP contribution >= 0.6 is 0 Å². The monoisotopic (exact) mass is 384 g/mol. The molecule has 0 aliphatic rings. The molecule has 27 heavy (non-hydrogen) atoms. The number of nitrogens with one attached hydrogen (secondary N) is 1. The number of rotatable bonds is 20. The van der Waals surface area contributed by atoms with E-state index in [0.717, 1.165) is 19.5 Å².